The van der Waals surface area contributed by atoms with Crippen molar-refractivity contribution >= 4 is 5.69 Å². The van der Waals surface area contributed by atoms with Gasteiger partial charge in [0.2, 0.25) is 0 Å². The third kappa shape index (κ3) is 3.07. The van der Waals surface area contributed by atoms with Gasteiger partial charge in [0.25, 0.3) is 0 Å². The minimum Gasteiger partial charge on any atom is -0.369 e. The summed E-state index contributed by atoms with van der Waals surface area (Å²) in [4.78, 5) is 4.40. The number of hydrogen-bond donors (Lipinski definition) is 1. The minimum atomic E-state index is -0.155. The van der Waals surface area contributed by atoms with Crippen molar-refractivity contribution in [2.24, 2.45) is 5.73 Å². The van der Waals surface area contributed by atoms with Crippen LogP contribution in [0.5, 0.6) is 0 Å². The molecule has 1 aromatic carbocycles. The highest BCUT2D eigenvalue weighted by molar-refractivity contribution is 5.56. The standard InChI is InChI=1S/C15H24FN3/c1-11(17)13-5-4-6-14(16)15(13)19-9-7-12(8-10-19)18(2)3/h4-6,11-12H,7-10,17H2,1-3H3/t11-/m0/s1. The summed E-state index contributed by atoms with van der Waals surface area (Å²) in [5.41, 5.74) is 7.57. The van der Waals surface area contributed by atoms with Crippen LogP contribution in [0.4, 0.5) is 10.1 Å². The van der Waals surface area contributed by atoms with E-state index in [0.29, 0.717) is 11.7 Å². The normalized spacial score (nSPS) is 18.9. The molecule has 0 aliphatic carbocycles. The number of rotatable bonds is 3. The van der Waals surface area contributed by atoms with Crippen molar-refractivity contribution in [3.05, 3.63) is 29.6 Å². The molecule has 0 unspecified atom stereocenters. The summed E-state index contributed by atoms with van der Waals surface area (Å²) >= 11 is 0. The fourth-order valence-electron chi connectivity index (χ4n) is 2.84. The smallest absolute Gasteiger partial charge is 0.146 e. The lowest BCUT2D eigenvalue weighted by Gasteiger charge is -2.37. The van der Waals surface area contributed by atoms with Crippen LogP contribution in [0.15, 0.2) is 18.2 Å². The molecular formula is C15H24FN3. The van der Waals surface area contributed by atoms with Crippen LogP contribution in [0.25, 0.3) is 0 Å². The van der Waals surface area contributed by atoms with Gasteiger partial charge in [0.15, 0.2) is 0 Å². The predicted octanol–water partition coefficient (Wildman–Crippen LogP) is 2.38. The van der Waals surface area contributed by atoms with Gasteiger partial charge in [-0.15, -0.1) is 0 Å². The van der Waals surface area contributed by atoms with E-state index in [1.807, 2.05) is 13.0 Å². The number of para-hydroxylation sites is 1. The molecule has 19 heavy (non-hydrogen) atoms. The molecule has 0 spiro atoms. The highest BCUT2D eigenvalue weighted by atomic mass is 19.1. The van der Waals surface area contributed by atoms with Gasteiger partial charge in [-0.2, -0.15) is 0 Å². The molecule has 0 saturated carbocycles. The molecule has 0 amide bonds. The maximum Gasteiger partial charge on any atom is 0.146 e. The summed E-state index contributed by atoms with van der Waals surface area (Å²) < 4.78 is 14.1. The van der Waals surface area contributed by atoms with Crippen molar-refractivity contribution in [3.63, 3.8) is 0 Å². The van der Waals surface area contributed by atoms with Crippen molar-refractivity contribution in [3.8, 4) is 0 Å². The molecule has 1 fully saturated rings. The number of piperidine rings is 1. The molecule has 3 nitrogen and oxygen atoms in total. The summed E-state index contributed by atoms with van der Waals surface area (Å²) in [7, 11) is 4.22. The SMILES string of the molecule is C[C@H](N)c1cccc(F)c1N1CCC(N(C)C)CC1. The maximum atomic E-state index is 14.1. The van der Waals surface area contributed by atoms with Gasteiger partial charge in [-0.1, -0.05) is 12.1 Å². The Kier molecular flexibility index (Phi) is 4.42. The molecular weight excluding hydrogens is 241 g/mol. The molecule has 1 aromatic rings. The second-order valence-electron chi connectivity index (χ2n) is 5.65. The van der Waals surface area contributed by atoms with Gasteiger partial charge in [-0.05, 0) is 45.5 Å². The Labute approximate surface area is 115 Å². The second-order valence-corrected chi connectivity index (χ2v) is 5.65. The van der Waals surface area contributed by atoms with Crippen LogP contribution in [-0.2, 0) is 0 Å². The molecule has 1 heterocycles. The number of hydrogen-bond acceptors (Lipinski definition) is 3. The number of halogens is 1. The minimum absolute atomic E-state index is 0.141. The van der Waals surface area contributed by atoms with E-state index >= 15 is 0 Å². The Morgan fingerprint density at radius 3 is 2.47 bits per heavy atom. The maximum absolute atomic E-state index is 14.1. The Morgan fingerprint density at radius 2 is 1.95 bits per heavy atom. The van der Waals surface area contributed by atoms with Gasteiger partial charge in [0.05, 0.1) is 5.69 Å². The first-order chi connectivity index (χ1) is 9.00. The molecule has 1 aliphatic heterocycles. The van der Waals surface area contributed by atoms with E-state index in [1.54, 1.807) is 6.07 Å². The third-order valence-electron chi connectivity index (χ3n) is 4.02. The van der Waals surface area contributed by atoms with Crippen LogP contribution in [0.1, 0.15) is 31.4 Å². The summed E-state index contributed by atoms with van der Waals surface area (Å²) in [6, 6.07) is 5.66. The van der Waals surface area contributed by atoms with E-state index in [4.69, 9.17) is 5.73 Å². The van der Waals surface area contributed by atoms with Crippen LogP contribution < -0.4 is 10.6 Å². The van der Waals surface area contributed by atoms with E-state index in [1.165, 1.54) is 6.07 Å². The lowest BCUT2D eigenvalue weighted by atomic mass is 10.00. The first kappa shape index (κ1) is 14.3. The van der Waals surface area contributed by atoms with Crippen LogP contribution in [0.3, 0.4) is 0 Å². The first-order valence-corrected chi connectivity index (χ1v) is 6.96. The molecule has 1 aliphatic rings. The third-order valence-corrected chi connectivity index (χ3v) is 4.02. The largest absolute Gasteiger partial charge is 0.369 e. The van der Waals surface area contributed by atoms with Crippen LogP contribution in [-0.4, -0.2) is 38.1 Å². The van der Waals surface area contributed by atoms with Gasteiger partial charge < -0.3 is 15.5 Å². The van der Waals surface area contributed by atoms with Gasteiger partial charge in [-0.25, -0.2) is 4.39 Å². The topological polar surface area (TPSA) is 32.5 Å². The number of nitrogens with two attached hydrogens (primary N) is 1. The van der Waals surface area contributed by atoms with Crippen molar-refractivity contribution in [2.45, 2.75) is 31.8 Å². The van der Waals surface area contributed by atoms with Gasteiger partial charge in [0, 0.05) is 25.2 Å². The molecule has 4 heteroatoms. The van der Waals surface area contributed by atoms with Crippen molar-refractivity contribution in [1.29, 1.82) is 0 Å². The number of anilines is 1. The molecule has 2 N–H and O–H groups in total. The molecule has 0 radical (unpaired) electrons. The van der Waals surface area contributed by atoms with Crippen molar-refractivity contribution in [2.75, 3.05) is 32.1 Å². The van der Waals surface area contributed by atoms with Gasteiger partial charge >= 0.3 is 0 Å². The average Bonchev–Trinajstić information content (AvgIpc) is 2.38. The number of benzene rings is 1. The molecule has 1 atom stereocenters. The predicted molar refractivity (Wildman–Crippen MR) is 77.9 cm³/mol. The molecule has 2 rings (SSSR count). The quantitative estimate of drug-likeness (QED) is 0.910. The molecule has 0 aromatic heterocycles. The summed E-state index contributed by atoms with van der Waals surface area (Å²) in [6.07, 6.45) is 2.14. The highest BCUT2D eigenvalue weighted by Gasteiger charge is 2.24. The second kappa shape index (κ2) is 5.88. The van der Waals surface area contributed by atoms with Crippen LogP contribution in [0, 0.1) is 5.82 Å². The summed E-state index contributed by atoms with van der Waals surface area (Å²) in [5, 5.41) is 0. The van der Waals surface area contributed by atoms with E-state index < -0.39 is 0 Å². The number of nitrogens with zero attached hydrogens (tertiary/aromatic N) is 2. The van der Waals surface area contributed by atoms with Crippen molar-refractivity contribution < 1.29 is 4.39 Å². The average molecular weight is 265 g/mol. The van der Waals surface area contributed by atoms with E-state index in [0.717, 1.165) is 31.5 Å². The molecule has 1 saturated heterocycles. The first-order valence-electron chi connectivity index (χ1n) is 6.96. The lowest BCUT2D eigenvalue weighted by Crippen LogP contribution is -2.42. The Balaban J connectivity index is 2.19. The molecule has 106 valence electrons. The summed E-state index contributed by atoms with van der Waals surface area (Å²) in [5.74, 6) is -0.155. The monoisotopic (exact) mass is 265 g/mol. The zero-order valence-electron chi connectivity index (χ0n) is 12.1. The zero-order valence-corrected chi connectivity index (χ0v) is 12.1. The lowest BCUT2D eigenvalue weighted by molar-refractivity contribution is 0.249. The van der Waals surface area contributed by atoms with Gasteiger partial charge in [0.1, 0.15) is 5.82 Å². The van der Waals surface area contributed by atoms with Crippen LogP contribution in [0.2, 0.25) is 0 Å². The Hall–Kier alpha value is -1.13. The Morgan fingerprint density at radius 1 is 1.32 bits per heavy atom. The van der Waals surface area contributed by atoms with E-state index in [-0.39, 0.29) is 11.9 Å². The van der Waals surface area contributed by atoms with Crippen LogP contribution >= 0.6 is 0 Å². The van der Waals surface area contributed by atoms with Gasteiger partial charge in [-0.3, -0.25) is 0 Å². The fraction of sp³-hybridized carbons (Fsp3) is 0.600. The Bertz CT molecular complexity index is 423. The van der Waals surface area contributed by atoms with E-state index in [9.17, 15) is 4.39 Å². The highest BCUT2D eigenvalue weighted by Crippen LogP contribution is 2.31. The molecule has 0 bridgehead atoms. The fourth-order valence-corrected chi connectivity index (χ4v) is 2.84. The summed E-state index contributed by atoms with van der Waals surface area (Å²) in [6.45, 7) is 3.69. The zero-order chi connectivity index (χ0) is 14.0. The van der Waals surface area contributed by atoms with E-state index in [2.05, 4.69) is 23.9 Å². The van der Waals surface area contributed by atoms with Crippen molar-refractivity contribution in [1.82, 2.24) is 4.90 Å².